The van der Waals surface area contributed by atoms with Crippen LogP contribution in [0.4, 0.5) is 4.39 Å². The Kier molecular flexibility index (Phi) is 4.95. The van der Waals surface area contributed by atoms with Gasteiger partial charge in [0.1, 0.15) is 12.1 Å². The second-order valence-corrected chi connectivity index (χ2v) is 7.32. The van der Waals surface area contributed by atoms with E-state index in [0.717, 1.165) is 18.5 Å². The number of carbonyl (C=O) groups is 1. The molecular weight excluding hydrogens is 401 g/mol. The molecule has 31 heavy (non-hydrogen) atoms. The Labute approximate surface area is 176 Å². The molecule has 3 heterocycles. The van der Waals surface area contributed by atoms with E-state index in [1.807, 2.05) is 17.0 Å². The highest BCUT2D eigenvalue weighted by Gasteiger charge is 2.28. The highest BCUT2D eigenvalue weighted by atomic mass is 19.1. The molecule has 0 unspecified atom stereocenters. The van der Waals surface area contributed by atoms with Crippen molar-refractivity contribution in [3.63, 3.8) is 0 Å². The lowest BCUT2D eigenvalue weighted by molar-refractivity contribution is 0.0706. The number of hydrogen-bond acceptors (Lipinski definition) is 7. The Morgan fingerprint density at radius 3 is 2.61 bits per heavy atom. The molecule has 0 N–H and O–H groups in total. The first-order chi connectivity index (χ1) is 15.2. The van der Waals surface area contributed by atoms with Crippen LogP contribution in [0.5, 0.6) is 0 Å². The summed E-state index contributed by atoms with van der Waals surface area (Å²) in [5.41, 5.74) is 1.99. The maximum absolute atomic E-state index is 13.1. The minimum absolute atomic E-state index is 0.0362. The first-order valence-corrected chi connectivity index (χ1v) is 9.89. The van der Waals surface area contributed by atoms with Crippen molar-refractivity contribution in [3.8, 4) is 17.1 Å². The number of halogens is 1. The first-order valence-electron chi connectivity index (χ1n) is 9.89. The molecule has 9 nitrogen and oxygen atoms in total. The van der Waals surface area contributed by atoms with Gasteiger partial charge >= 0.3 is 0 Å². The van der Waals surface area contributed by atoms with Crippen LogP contribution >= 0.6 is 0 Å². The number of piperidine rings is 1. The molecule has 0 saturated carbocycles. The van der Waals surface area contributed by atoms with Crippen LogP contribution in [-0.2, 0) is 0 Å². The topological polar surface area (TPSA) is 103 Å². The quantitative estimate of drug-likeness (QED) is 0.501. The van der Waals surface area contributed by atoms with Gasteiger partial charge in [-0.2, -0.15) is 0 Å². The summed E-state index contributed by atoms with van der Waals surface area (Å²) in [7, 11) is 0. The van der Waals surface area contributed by atoms with Crippen molar-refractivity contribution in [2.45, 2.75) is 18.8 Å². The fourth-order valence-corrected chi connectivity index (χ4v) is 3.68. The van der Waals surface area contributed by atoms with Gasteiger partial charge in [0, 0.05) is 30.1 Å². The molecule has 0 bridgehead atoms. The molecule has 10 heteroatoms. The summed E-state index contributed by atoms with van der Waals surface area (Å²) in [6.45, 7) is 1.18. The molecule has 1 aliphatic rings. The van der Waals surface area contributed by atoms with Crippen molar-refractivity contribution in [2.24, 2.45) is 0 Å². The van der Waals surface area contributed by atoms with E-state index >= 15 is 0 Å². The van der Waals surface area contributed by atoms with Gasteiger partial charge in [0.25, 0.3) is 5.91 Å². The Morgan fingerprint density at radius 2 is 1.87 bits per heavy atom. The number of carbonyl (C=O) groups excluding carboxylic acids is 1. The van der Waals surface area contributed by atoms with E-state index < -0.39 is 0 Å². The molecule has 0 atom stereocenters. The maximum atomic E-state index is 13.1. The van der Waals surface area contributed by atoms with Gasteiger partial charge in [0.05, 0.1) is 5.69 Å². The molecular formula is C21H18FN7O2. The average molecular weight is 419 g/mol. The molecule has 5 rings (SSSR count). The van der Waals surface area contributed by atoms with Crippen LogP contribution in [0.1, 0.15) is 35.0 Å². The van der Waals surface area contributed by atoms with Crippen molar-refractivity contribution in [2.75, 3.05) is 13.1 Å². The average Bonchev–Trinajstić information content (AvgIpc) is 3.52. The highest BCUT2D eigenvalue weighted by Crippen LogP contribution is 2.30. The Bertz CT molecular complexity index is 1180. The number of nitrogens with zero attached hydrogens (tertiary/aromatic N) is 7. The zero-order valence-electron chi connectivity index (χ0n) is 16.4. The molecule has 2 aromatic carbocycles. The summed E-state index contributed by atoms with van der Waals surface area (Å²) < 4.78 is 20.4. The first kappa shape index (κ1) is 19.0. The monoisotopic (exact) mass is 419 g/mol. The number of likely N-dealkylation sites (tertiary alicyclic amines) is 1. The van der Waals surface area contributed by atoms with E-state index in [1.54, 1.807) is 24.3 Å². The largest absolute Gasteiger partial charge is 0.420 e. The van der Waals surface area contributed by atoms with Crippen molar-refractivity contribution >= 4 is 5.91 Å². The lowest BCUT2D eigenvalue weighted by Crippen LogP contribution is -2.38. The van der Waals surface area contributed by atoms with Gasteiger partial charge in [-0.25, -0.2) is 9.07 Å². The third-order valence-corrected chi connectivity index (χ3v) is 5.37. The third kappa shape index (κ3) is 3.91. The summed E-state index contributed by atoms with van der Waals surface area (Å²) in [6.07, 6.45) is 2.94. The van der Waals surface area contributed by atoms with Crippen molar-refractivity contribution < 1.29 is 13.6 Å². The second-order valence-electron chi connectivity index (χ2n) is 7.32. The van der Waals surface area contributed by atoms with Crippen molar-refractivity contribution in [3.05, 3.63) is 72.1 Å². The maximum Gasteiger partial charge on any atom is 0.253 e. The molecule has 2 aromatic heterocycles. The van der Waals surface area contributed by atoms with Gasteiger partial charge in [0.2, 0.25) is 11.8 Å². The fraction of sp³-hybridized carbons (Fsp3) is 0.238. The van der Waals surface area contributed by atoms with Gasteiger partial charge in [-0.05, 0) is 65.7 Å². The van der Waals surface area contributed by atoms with Crippen LogP contribution in [0.3, 0.4) is 0 Å². The molecule has 0 aliphatic carbocycles. The number of rotatable bonds is 4. The SMILES string of the molecule is O=C(c1cccc(-n2cnnn2)c1)N1CCC(c2nnc(-c3ccc(F)cc3)o2)CC1. The van der Waals surface area contributed by atoms with E-state index in [4.69, 9.17) is 4.42 Å². The predicted octanol–water partition coefficient (Wildman–Crippen LogP) is 2.87. The number of amides is 1. The molecule has 1 amide bonds. The smallest absolute Gasteiger partial charge is 0.253 e. The standard InChI is InChI=1S/C21H18FN7O2/c22-17-6-4-14(5-7-17)19-24-25-20(31-19)15-8-10-28(11-9-15)21(30)16-2-1-3-18(12-16)29-13-23-26-27-29/h1-7,12-13,15H,8-11H2. The molecule has 156 valence electrons. The predicted molar refractivity (Wildman–Crippen MR) is 107 cm³/mol. The van der Waals surface area contributed by atoms with Crippen LogP contribution < -0.4 is 0 Å². The van der Waals surface area contributed by atoms with Gasteiger partial charge in [-0.3, -0.25) is 4.79 Å². The summed E-state index contributed by atoms with van der Waals surface area (Å²) in [5, 5.41) is 19.4. The Hall–Kier alpha value is -3.95. The van der Waals surface area contributed by atoms with Crippen LogP contribution in [0, 0.1) is 5.82 Å². The summed E-state index contributed by atoms with van der Waals surface area (Å²) in [5.74, 6) is 0.647. The molecule has 0 spiro atoms. The number of benzene rings is 2. The number of hydrogen-bond donors (Lipinski definition) is 0. The van der Waals surface area contributed by atoms with Crippen LogP contribution in [0.2, 0.25) is 0 Å². The lowest BCUT2D eigenvalue weighted by atomic mass is 9.96. The van der Waals surface area contributed by atoms with Gasteiger partial charge in [0.15, 0.2) is 0 Å². The molecule has 1 fully saturated rings. The van der Waals surface area contributed by atoms with Crippen LogP contribution in [0.25, 0.3) is 17.1 Å². The fourth-order valence-electron chi connectivity index (χ4n) is 3.68. The van der Waals surface area contributed by atoms with E-state index in [-0.39, 0.29) is 17.6 Å². The molecule has 0 radical (unpaired) electrons. The van der Waals surface area contributed by atoms with E-state index in [9.17, 15) is 9.18 Å². The van der Waals surface area contributed by atoms with Gasteiger partial charge in [-0.1, -0.05) is 6.07 Å². The summed E-state index contributed by atoms with van der Waals surface area (Å²) in [4.78, 5) is 14.8. The van der Waals surface area contributed by atoms with Crippen molar-refractivity contribution in [1.82, 2.24) is 35.3 Å². The van der Waals surface area contributed by atoms with Crippen molar-refractivity contribution in [1.29, 1.82) is 0 Å². The Balaban J connectivity index is 1.24. The van der Waals surface area contributed by atoms with Gasteiger partial charge in [-0.15, -0.1) is 15.3 Å². The minimum Gasteiger partial charge on any atom is -0.420 e. The second kappa shape index (κ2) is 8.05. The van der Waals surface area contributed by atoms with E-state index in [2.05, 4.69) is 25.7 Å². The lowest BCUT2D eigenvalue weighted by Gasteiger charge is -2.30. The Morgan fingerprint density at radius 1 is 1.06 bits per heavy atom. The molecule has 4 aromatic rings. The summed E-state index contributed by atoms with van der Waals surface area (Å²) >= 11 is 0. The third-order valence-electron chi connectivity index (χ3n) is 5.37. The normalized spacial score (nSPS) is 14.7. The molecule has 1 saturated heterocycles. The molecule has 1 aliphatic heterocycles. The van der Waals surface area contributed by atoms with E-state index in [1.165, 1.54) is 23.1 Å². The summed E-state index contributed by atoms with van der Waals surface area (Å²) in [6, 6.07) is 13.2. The zero-order valence-corrected chi connectivity index (χ0v) is 16.4. The van der Waals surface area contributed by atoms with Gasteiger partial charge < -0.3 is 9.32 Å². The van der Waals surface area contributed by atoms with Crippen LogP contribution in [-0.4, -0.2) is 54.3 Å². The number of tetrazole rings is 1. The highest BCUT2D eigenvalue weighted by molar-refractivity contribution is 5.94. The zero-order chi connectivity index (χ0) is 21.2. The number of aromatic nitrogens is 6. The minimum atomic E-state index is -0.316. The van der Waals surface area contributed by atoms with E-state index in [0.29, 0.717) is 36.0 Å². The van der Waals surface area contributed by atoms with Crippen LogP contribution in [0.15, 0.2) is 59.3 Å².